The zero-order valence-corrected chi connectivity index (χ0v) is 29.2. The van der Waals surface area contributed by atoms with Crippen LogP contribution in [-0.2, 0) is 21.7 Å². The highest BCUT2D eigenvalue weighted by molar-refractivity contribution is 7.39. The Hall–Kier alpha value is -2.19. The quantitative estimate of drug-likeness (QED) is 0.206. The molecular weight excluding hydrogens is 535 g/mol. The van der Waals surface area contributed by atoms with Crippen LogP contribution in [0.4, 0.5) is 0 Å². The average molecular weight is 591 g/mol. The van der Waals surface area contributed by atoms with Crippen LogP contribution >= 0.6 is 8.60 Å². The van der Waals surface area contributed by atoms with E-state index in [1.54, 1.807) is 0 Å². The Bertz CT molecular complexity index is 1380. The summed E-state index contributed by atoms with van der Waals surface area (Å²) >= 11 is 0. The Morgan fingerprint density at radius 2 is 0.929 bits per heavy atom. The molecule has 0 spiro atoms. The zero-order valence-electron chi connectivity index (χ0n) is 28.3. The van der Waals surface area contributed by atoms with Gasteiger partial charge in [-0.2, -0.15) is 0 Å². The lowest BCUT2D eigenvalue weighted by atomic mass is 9.65. The Morgan fingerprint density at radius 1 is 0.548 bits per heavy atom. The molecule has 0 amide bonds. The summed E-state index contributed by atoms with van der Waals surface area (Å²) in [4.78, 5) is 20.7. The summed E-state index contributed by atoms with van der Waals surface area (Å²) in [6.45, 7) is 27.5. The van der Waals surface area contributed by atoms with Crippen molar-refractivity contribution in [2.75, 3.05) is 0 Å². The average Bonchev–Trinajstić information content (AvgIpc) is 2.96. The zero-order chi connectivity index (χ0) is 31.7. The van der Waals surface area contributed by atoms with Crippen molar-refractivity contribution in [1.29, 1.82) is 0 Å². The summed E-state index contributed by atoms with van der Waals surface area (Å²) < 4.78 is 6.07. The lowest BCUT2D eigenvalue weighted by molar-refractivity contribution is 0.374. The highest BCUT2D eigenvalue weighted by Gasteiger charge is 2.38. The van der Waals surface area contributed by atoms with Crippen molar-refractivity contribution in [3.8, 4) is 28.0 Å². The fourth-order valence-electron chi connectivity index (χ4n) is 5.92. The van der Waals surface area contributed by atoms with E-state index >= 15 is 0 Å². The Labute approximate surface area is 257 Å². The van der Waals surface area contributed by atoms with Gasteiger partial charge >= 0.3 is 8.60 Å². The van der Waals surface area contributed by atoms with Crippen molar-refractivity contribution >= 4 is 8.60 Å². The van der Waals surface area contributed by atoms with Crippen LogP contribution in [0.15, 0.2) is 54.6 Å². The molecule has 0 fully saturated rings. The predicted molar refractivity (Wildman–Crippen MR) is 183 cm³/mol. The van der Waals surface area contributed by atoms with Crippen LogP contribution in [0.1, 0.15) is 131 Å². The summed E-state index contributed by atoms with van der Waals surface area (Å²) in [6, 6.07) is 19.6. The number of rotatable bonds is 12. The van der Waals surface area contributed by atoms with Gasteiger partial charge < -0.3 is 14.3 Å². The molecule has 0 saturated heterocycles. The van der Waals surface area contributed by atoms with Crippen molar-refractivity contribution < 1.29 is 14.3 Å². The molecule has 0 unspecified atom stereocenters. The lowest BCUT2D eigenvalue weighted by Crippen LogP contribution is -2.28. The first kappa shape index (κ1) is 34.3. The molecular formula is C38H55O3P. The Balaban J connectivity index is 2.81. The second-order valence-electron chi connectivity index (χ2n) is 14.4. The molecule has 3 nitrogen and oxygen atoms in total. The molecule has 0 atom stereocenters. The number of hydrogen-bond acceptors (Lipinski definition) is 3. The van der Waals surface area contributed by atoms with Crippen LogP contribution in [-0.4, -0.2) is 9.79 Å². The molecule has 0 bridgehead atoms. The molecule has 2 N–H and O–H groups in total. The minimum atomic E-state index is -2.63. The van der Waals surface area contributed by atoms with Gasteiger partial charge in [-0.3, -0.25) is 0 Å². The van der Waals surface area contributed by atoms with E-state index in [0.717, 1.165) is 42.4 Å². The third kappa shape index (κ3) is 6.64. The third-order valence-electron chi connectivity index (χ3n) is 10.3. The van der Waals surface area contributed by atoms with Crippen molar-refractivity contribution in [3.63, 3.8) is 0 Å². The van der Waals surface area contributed by atoms with Crippen LogP contribution < -0.4 is 4.52 Å². The topological polar surface area (TPSA) is 49.7 Å². The van der Waals surface area contributed by atoms with E-state index in [2.05, 4.69) is 138 Å². The molecule has 42 heavy (non-hydrogen) atoms. The first-order chi connectivity index (χ1) is 19.5. The molecule has 0 aliphatic carbocycles. The Kier molecular flexibility index (Phi) is 10.5. The smallest absolute Gasteiger partial charge is 0.391 e. The van der Waals surface area contributed by atoms with E-state index in [0.29, 0.717) is 5.75 Å². The molecule has 0 aromatic heterocycles. The van der Waals surface area contributed by atoms with Gasteiger partial charge in [0.25, 0.3) is 0 Å². The van der Waals surface area contributed by atoms with E-state index in [9.17, 15) is 9.79 Å². The highest BCUT2D eigenvalue weighted by Crippen LogP contribution is 2.55. The first-order valence-electron chi connectivity index (χ1n) is 15.8. The van der Waals surface area contributed by atoms with Crippen molar-refractivity contribution in [2.24, 2.45) is 0 Å². The molecule has 0 aliphatic rings. The molecule has 4 heteroatoms. The van der Waals surface area contributed by atoms with Gasteiger partial charge in [-0.1, -0.05) is 132 Å². The van der Waals surface area contributed by atoms with Gasteiger partial charge in [0.2, 0.25) is 0 Å². The normalized spacial score (nSPS) is 13.1. The first-order valence-corrected chi connectivity index (χ1v) is 16.9. The molecule has 3 rings (SSSR count). The van der Waals surface area contributed by atoms with Gasteiger partial charge in [0.05, 0.1) is 0 Å². The van der Waals surface area contributed by atoms with Crippen molar-refractivity contribution in [1.82, 2.24) is 0 Å². The number of benzene rings is 3. The van der Waals surface area contributed by atoms with Crippen LogP contribution in [0.2, 0.25) is 0 Å². The summed E-state index contributed by atoms with van der Waals surface area (Å²) in [5, 5.41) is 0. The van der Waals surface area contributed by atoms with E-state index in [-0.39, 0.29) is 21.7 Å². The summed E-state index contributed by atoms with van der Waals surface area (Å²) in [5.41, 5.74) is 8.95. The van der Waals surface area contributed by atoms with Crippen molar-refractivity contribution in [2.45, 2.75) is 130 Å². The second kappa shape index (κ2) is 12.8. The molecule has 0 aliphatic heterocycles. The molecule has 3 aromatic rings. The third-order valence-corrected chi connectivity index (χ3v) is 10.6. The largest absolute Gasteiger partial charge is 0.426 e. The summed E-state index contributed by atoms with van der Waals surface area (Å²) in [5.74, 6) is 0.539. The van der Waals surface area contributed by atoms with Gasteiger partial charge in [0.1, 0.15) is 5.75 Å². The van der Waals surface area contributed by atoms with Crippen molar-refractivity contribution in [3.05, 3.63) is 76.9 Å². The standard InChI is InChI=1S/C38H55O3P/c1-13-35(5,6)28-23-19-17-21-26(28)32-31(41-42(39)40)25-30(37(9,10)15-3)34(38(11,12)16-4)33(32)27-22-18-20-24-29(27)36(7,8)14-2/h17-25,39-40H,13-16H2,1-12H3. The van der Waals surface area contributed by atoms with Crippen LogP contribution in [0, 0.1) is 0 Å². The van der Waals surface area contributed by atoms with E-state index in [1.165, 1.54) is 27.8 Å². The fraction of sp³-hybridized carbons (Fsp3) is 0.526. The van der Waals surface area contributed by atoms with Crippen LogP contribution in [0.25, 0.3) is 22.3 Å². The van der Waals surface area contributed by atoms with E-state index in [1.807, 2.05) is 0 Å². The monoisotopic (exact) mass is 590 g/mol. The Morgan fingerprint density at radius 3 is 1.33 bits per heavy atom. The molecule has 0 radical (unpaired) electrons. The maximum Gasteiger partial charge on any atom is 0.391 e. The molecule has 230 valence electrons. The van der Waals surface area contributed by atoms with E-state index in [4.69, 9.17) is 4.52 Å². The summed E-state index contributed by atoms with van der Waals surface area (Å²) in [6.07, 6.45) is 3.86. The maximum absolute atomic E-state index is 10.4. The minimum absolute atomic E-state index is 0.0679. The van der Waals surface area contributed by atoms with Crippen LogP contribution in [0.5, 0.6) is 5.75 Å². The molecule has 0 saturated carbocycles. The van der Waals surface area contributed by atoms with Gasteiger partial charge in [-0.15, -0.1) is 0 Å². The van der Waals surface area contributed by atoms with Gasteiger partial charge in [-0.25, -0.2) is 0 Å². The highest BCUT2D eigenvalue weighted by atomic mass is 31.2. The second-order valence-corrected chi connectivity index (χ2v) is 15.1. The fourth-order valence-corrected chi connectivity index (χ4v) is 6.24. The summed E-state index contributed by atoms with van der Waals surface area (Å²) in [7, 11) is -2.63. The number of hydrogen-bond donors (Lipinski definition) is 2. The minimum Gasteiger partial charge on any atom is -0.426 e. The molecule has 3 aromatic carbocycles. The predicted octanol–water partition coefficient (Wildman–Crippen LogP) is 11.4. The van der Waals surface area contributed by atoms with Gasteiger partial charge in [-0.05, 0) is 92.4 Å². The van der Waals surface area contributed by atoms with Gasteiger partial charge in [0.15, 0.2) is 0 Å². The SMILES string of the molecule is CCC(C)(C)c1ccccc1-c1c(OP(O)O)cc(C(C)(C)CC)c(C(C)(C)CC)c1-c1ccccc1C(C)(C)CC. The van der Waals surface area contributed by atoms with E-state index < -0.39 is 8.60 Å². The molecule has 0 heterocycles. The lowest BCUT2D eigenvalue weighted by Gasteiger charge is -2.39. The maximum atomic E-state index is 10.4. The van der Waals surface area contributed by atoms with Gasteiger partial charge in [0, 0.05) is 5.56 Å². The van der Waals surface area contributed by atoms with Crippen LogP contribution in [0.3, 0.4) is 0 Å².